The monoisotopic (exact) mass is 205 g/mol. The predicted molar refractivity (Wildman–Crippen MR) is 60.8 cm³/mol. The predicted octanol–water partition coefficient (Wildman–Crippen LogP) is 1.75. The molecule has 1 unspecified atom stereocenters. The molecule has 0 bridgehead atoms. The Kier molecular flexibility index (Phi) is 3.31. The van der Waals surface area contributed by atoms with E-state index >= 15 is 0 Å². The second kappa shape index (κ2) is 4.71. The van der Waals surface area contributed by atoms with Gasteiger partial charge in [0, 0.05) is 0 Å². The molecule has 1 aliphatic rings. The molecule has 1 aromatic rings. The van der Waals surface area contributed by atoms with Gasteiger partial charge in [0.15, 0.2) is 0 Å². The van der Waals surface area contributed by atoms with Crippen LogP contribution in [-0.2, 0) is 6.42 Å². The zero-order chi connectivity index (χ0) is 10.7. The Hall–Kier alpha value is -0.960. The third-order valence-corrected chi connectivity index (χ3v) is 3.05. The van der Waals surface area contributed by atoms with Crippen LogP contribution in [0.25, 0.3) is 0 Å². The molecule has 0 aliphatic carbocycles. The summed E-state index contributed by atoms with van der Waals surface area (Å²) in [4.78, 5) is 0. The normalized spacial score (nSPS) is 21.1. The Bertz CT molecular complexity index is 316. The van der Waals surface area contributed by atoms with E-state index < -0.39 is 0 Å². The molecule has 1 fully saturated rings. The van der Waals surface area contributed by atoms with Crippen molar-refractivity contribution in [1.29, 1.82) is 0 Å². The molecule has 82 valence electrons. The Balaban J connectivity index is 2.04. The van der Waals surface area contributed by atoms with E-state index in [2.05, 4.69) is 35.4 Å². The number of nitrogens with one attached hydrogen (secondary N) is 1. The van der Waals surface area contributed by atoms with Gasteiger partial charge in [-0.3, -0.25) is 0 Å². The molecule has 1 aromatic heterocycles. The average molecular weight is 205 g/mol. The van der Waals surface area contributed by atoms with Gasteiger partial charge in [-0.2, -0.15) is 10.2 Å². The SMILES string of the molecule is CC(C)c1cnnc(CC2CCNC2)c1. The minimum atomic E-state index is 0.543. The van der Waals surface area contributed by atoms with Crippen molar-refractivity contribution in [2.75, 3.05) is 13.1 Å². The fourth-order valence-corrected chi connectivity index (χ4v) is 2.03. The van der Waals surface area contributed by atoms with Gasteiger partial charge in [-0.1, -0.05) is 13.8 Å². The zero-order valence-corrected chi connectivity index (χ0v) is 9.53. The van der Waals surface area contributed by atoms with Crippen molar-refractivity contribution in [2.24, 2.45) is 5.92 Å². The lowest BCUT2D eigenvalue weighted by molar-refractivity contribution is 0.566. The summed E-state index contributed by atoms with van der Waals surface area (Å²) in [5.41, 5.74) is 2.45. The van der Waals surface area contributed by atoms with Gasteiger partial charge in [0.1, 0.15) is 0 Å². The van der Waals surface area contributed by atoms with Crippen LogP contribution in [0, 0.1) is 5.92 Å². The van der Waals surface area contributed by atoms with Crippen molar-refractivity contribution in [3.63, 3.8) is 0 Å². The third kappa shape index (κ3) is 2.75. The molecule has 0 amide bonds. The summed E-state index contributed by atoms with van der Waals surface area (Å²) < 4.78 is 0. The Morgan fingerprint density at radius 2 is 2.40 bits per heavy atom. The van der Waals surface area contributed by atoms with Crippen molar-refractivity contribution in [3.05, 3.63) is 23.5 Å². The second-order valence-corrected chi connectivity index (χ2v) is 4.70. The second-order valence-electron chi connectivity index (χ2n) is 4.70. The molecule has 3 nitrogen and oxygen atoms in total. The topological polar surface area (TPSA) is 37.8 Å². The maximum absolute atomic E-state index is 4.21. The highest BCUT2D eigenvalue weighted by Gasteiger charge is 2.16. The van der Waals surface area contributed by atoms with Crippen molar-refractivity contribution >= 4 is 0 Å². The maximum Gasteiger partial charge on any atom is 0.0637 e. The molecule has 0 radical (unpaired) electrons. The van der Waals surface area contributed by atoms with E-state index in [0.29, 0.717) is 5.92 Å². The van der Waals surface area contributed by atoms with E-state index in [-0.39, 0.29) is 0 Å². The van der Waals surface area contributed by atoms with Crippen LogP contribution in [0.2, 0.25) is 0 Å². The van der Waals surface area contributed by atoms with E-state index in [9.17, 15) is 0 Å². The molecule has 1 saturated heterocycles. The first-order chi connectivity index (χ1) is 7.25. The van der Waals surface area contributed by atoms with Gasteiger partial charge in [-0.05, 0) is 49.4 Å². The highest BCUT2D eigenvalue weighted by Crippen LogP contribution is 2.17. The van der Waals surface area contributed by atoms with E-state index in [1.165, 1.54) is 12.0 Å². The lowest BCUT2D eigenvalue weighted by atomic mass is 9.99. The smallest absolute Gasteiger partial charge is 0.0637 e. The van der Waals surface area contributed by atoms with Crippen molar-refractivity contribution < 1.29 is 0 Å². The Labute approximate surface area is 91.3 Å². The van der Waals surface area contributed by atoms with Crippen molar-refractivity contribution in [1.82, 2.24) is 15.5 Å². The Morgan fingerprint density at radius 1 is 1.53 bits per heavy atom. The molecule has 0 aromatic carbocycles. The first-order valence-corrected chi connectivity index (χ1v) is 5.78. The highest BCUT2D eigenvalue weighted by atomic mass is 15.1. The minimum absolute atomic E-state index is 0.543. The lowest BCUT2D eigenvalue weighted by Crippen LogP contribution is -2.12. The van der Waals surface area contributed by atoms with Crippen LogP contribution in [-0.4, -0.2) is 23.3 Å². The van der Waals surface area contributed by atoms with Crippen LogP contribution in [0.3, 0.4) is 0 Å². The standard InChI is InChI=1S/C12H19N3/c1-9(2)11-6-12(15-14-8-11)5-10-3-4-13-7-10/h6,8-10,13H,3-5,7H2,1-2H3. The number of nitrogens with zero attached hydrogens (tertiary/aromatic N) is 2. The highest BCUT2D eigenvalue weighted by molar-refractivity contribution is 5.16. The molecule has 0 spiro atoms. The minimum Gasteiger partial charge on any atom is -0.316 e. The number of hydrogen-bond acceptors (Lipinski definition) is 3. The summed E-state index contributed by atoms with van der Waals surface area (Å²) in [5.74, 6) is 1.29. The van der Waals surface area contributed by atoms with E-state index in [1.807, 2.05) is 6.20 Å². The van der Waals surface area contributed by atoms with Gasteiger partial charge in [0.2, 0.25) is 0 Å². The molecule has 1 atom stereocenters. The molecule has 2 rings (SSSR count). The van der Waals surface area contributed by atoms with Gasteiger partial charge >= 0.3 is 0 Å². The Morgan fingerprint density at radius 3 is 3.07 bits per heavy atom. The van der Waals surface area contributed by atoms with Gasteiger partial charge in [-0.25, -0.2) is 0 Å². The summed E-state index contributed by atoms with van der Waals surface area (Å²) in [6, 6.07) is 2.20. The zero-order valence-electron chi connectivity index (χ0n) is 9.53. The van der Waals surface area contributed by atoms with Gasteiger partial charge in [0.25, 0.3) is 0 Å². The van der Waals surface area contributed by atoms with Crippen molar-refractivity contribution in [2.45, 2.75) is 32.6 Å². The summed E-state index contributed by atoms with van der Waals surface area (Å²) in [6.45, 7) is 6.67. The molecular weight excluding hydrogens is 186 g/mol. The van der Waals surface area contributed by atoms with Crippen LogP contribution >= 0.6 is 0 Å². The number of hydrogen-bond donors (Lipinski definition) is 1. The van der Waals surface area contributed by atoms with Gasteiger partial charge in [-0.15, -0.1) is 0 Å². The van der Waals surface area contributed by atoms with E-state index in [1.54, 1.807) is 0 Å². The molecular formula is C12H19N3. The third-order valence-electron chi connectivity index (χ3n) is 3.05. The lowest BCUT2D eigenvalue weighted by Gasteiger charge is -2.09. The van der Waals surface area contributed by atoms with E-state index in [0.717, 1.165) is 31.1 Å². The average Bonchev–Trinajstić information content (AvgIpc) is 2.71. The largest absolute Gasteiger partial charge is 0.316 e. The summed E-state index contributed by atoms with van der Waals surface area (Å²) >= 11 is 0. The van der Waals surface area contributed by atoms with E-state index in [4.69, 9.17) is 0 Å². The van der Waals surface area contributed by atoms with Crippen molar-refractivity contribution in [3.8, 4) is 0 Å². The van der Waals surface area contributed by atoms with Gasteiger partial charge < -0.3 is 5.32 Å². The van der Waals surface area contributed by atoms with Crippen LogP contribution < -0.4 is 5.32 Å². The summed E-state index contributed by atoms with van der Waals surface area (Å²) in [7, 11) is 0. The molecule has 0 saturated carbocycles. The number of rotatable bonds is 3. The number of aromatic nitrogens is 2. The van der Waals surface area contributed by atoms with Crippen LogP contribution in [0.4, 0.5) is 0 Å². The quantitative estimate of drug-likeness (QED) is 0.817. The van der Waals surface area contributed by atoms with Crippen LogP contribution in [0.5, 0.6) is 0 Å². The molecule has 1 aliphatic heterocycles. The molecule has 1 N–H and O–H groups in total. The first kappa shape index (κ1) is 10.6. The fraction of sp³-hybridized carbons (Fsp3) is 0.667. The van der Waals surface area contributed by atoms with Crippen LogP contribution in [0.1, 0.15) is 37.4 Å². The van der Waals surface area contributed by atoms with Crippen LogP contribution in [0.15, 0.2) is 12.3 Å². The molecule has 3 heteroatoms. The summed E-state index contributed by atoms with van der Waals surface area (Å²) in [6.07, 6.45) is 4.22. The molecule has 2 heterocycles. The fourth-order valence-electron chi connectivity index (χ4n) is 2.03. The maximum atomic E-state index is 4.21. The molecule has 15 heavy (non-hydrogen) atoms. The van der Waals surface area contributed by atoms with Gasteiger partial charge in [0.05, 0.1) is 11.9 Å². The summed E-state index contributed by atoms with van der Waals surface area (Å²) in [5, 5.41) is 11.7. The first-order valence-electron chi connectivity index (χ1n) is 5.78.